The van der Waals surface area contributed by atoms with Gasteiger partial charge in [-0.25, -0.2) is 0 Å². The normalized spacial score (nSPS) is 10.3. The first kappa shape index (κ1) is 28.7. The third-order valence-corrected chi connectivity index (χ3v) is 11.0. The number of halogens is 1. The van der Waals surface area contributed by atoms with Crippen LogP contribution in [-0.2, 0) is 0 Å². The zero-order valence-electron chi connectivity index (χ0n) is 21.6. The monoisotopic (exact) mass is 604 g/mol. The number of rotatable bonds is 6. The summed E-state index contributed by atoms with van der Waals surface area (Å²) < 4.78 is 0. The van der Waals surface area contributed by atoms with Crippen LogP contribution in [0.5, 0.6) is 0 Å². The predicted octanol–water partition coefficient (Wildman–Crippen LogP) is 7.47. The molecule has 0 unspecified atom stereocenters. The molecule has 0 aliphatic carbocycles. The first-order valence-electron chi connectivity index (χ1n) is 12.8. The summed E-state index contributed by atoms with van der Waals surface area (Å²) in [5.41, 5.74) is 0. The van der Waals surface area contributed by atoms with Crippen LogP contribution in [0.1, 0.15) is 0 Å². The maximum atomic E-state index is 2.23. The summed E-state index contributed by atoms with van der Waals surface area (Å²) in [6.45, 7) is 0. The van der Waals surface area contributed by atoms with E-state index in [-0.39, 0.29) is 17.0 Å². The number of benzene rings is 6. The highest BCUT2D eigenvalue weighted by Gasteiger charge is 2.16. The van der Waals surface area contributed by atoms with E-state index in [0.29, 0.717) is 0 Å². The molecule has 6 aromatic rings. The van der Waals surface area contributed by atoms with Gasteiger partial charge in [-0.15, -0.1) is 17.0 Å². The van der Waals surface area contributed by atoms with Gasteiger partial charge in [-0.3, -0.25) is 0 Å². The van der Waals surface area contributed by atoms with E-state index in [1.807, 2.05) is 0 Å². The van der Waals surface area contributed by atoms with Crippen molar-refractivity contribution >= 4 is 64.7 Å². The van der Waals surface area contributed by atoms with Gasteiger partial charge in [-0.2, -0.15) is 0 Å². The molecule has 0 aromatic heterocycles. The van der Waals surface area contributed by atoms with Crippen molar-refractivity contribution in [2.45, 2.75) is 0 Å². The topological polar surface area (TPSA) is 0 Å². The molecular weight excluding hydrogens is 574 g/mol. The van der Waals surface area contributed by atoms with E-state index in [2.05, 4.69) is 182 Å². The highest BCUT2D eigenvalue weighted by atomic mass is 79.9. The molecule has 0 amide bonds. The molecule has 39 heavy (non-hydrogen) atoms. The fraction of sp³-hybridized carbons (Fsp3) is 0. The van der Waals surface area contributed by atoms with Gasteiger partial charge in [0.2, 0.25) is 0 Å². The standard InChI is InChI=1S/2C18H15P.BrH/c2*1-4-10-16(11-5-1)19(17-12-6-2-7-13-17)18-14-8-3-9-15-18;/h2*1-15H;1H. The van der Waals surface area contributed by atoms with Crippen LogP contribution >= 0.6 is 32.8 Å². The Balaban J connectivity index is 0.000000176. The Bertz CT molecular complexity index is 1170. The number of hydrogen-bond acceptors (Lipinski definition) is 0. The molecule has 0 radical (unpaired) electrons. The molecule has 0 nitrogen and oxygen atoms in total. The van der Waals surface area contributed by atoms with Gasteiger partial charge in [-0.05, 0) is 47.7 Å². The average Bonchev–Trinajstić information content (AvgIpc) is 3.01. The highest BCUT2D eigenvalue weighted by Crippen LogP contribution is 2.33. The van der Waals surface area contributed by atoms with E-state index < -0.39 is 15.8 Å². The average molecular weight is 605 g/mol. The summed E-state index contributed by atoms with van der Waals surface area (Å²) in [5.74, 6) is 0. The molecule has 6 rings (SSSR count). The molecule has 0 heterocycles. The Labute approximate surface area is 245 Å². The lowest BCUT2D eigenvalue weighted by Gasteiger charge is -2.18. The van der Waals surface area contributed by atoms with Crippen molar-refractivity contribution in [2.75, 3.05) is 0 Å². The molecule has 3 heteroatoms. The second-order valence-electron chi connectivity index (χ2n) is 8.68. The second kappa shape index (κ2) is 15.3. The summed E-state index contributed by atoms with van der Waals surface area (Å²) in [4.78, 5) is 0. The van der Waals surface area contributed by atoms with Gasteiger partial charge >= 0.3 is 0 Å². The van der Waals surface area contributed by atoms with Crippen LogP contribution in [0.2, 0.25) is 0 Å². The van der Waals surface area contributed by atoms with Crippen molar-refractivity contribution in [2.24, 2.45) is 0 Å². The third kappa shape index (κ3) is 7.84. The molecule has 192 valence electrons. The van der Waals surface area contributed by atoms with Crippen LogP contribution in [0.15, 0.2) is 182 Å². The molecule has 0 fully saturated rings. The lowest BCUT2D eigenvalue weighted by Crippen LogP contribution is -2.20. The smallest absolute Gasteiger partial charge is 0.0134 e. The minimum Gasteiger partial charge on any atom is -0.114 e. The van der Waals surface area contributed by atoms with E-state index in [4.69, 9.17) is 0 Å². The van der Waals surface area contributed by atoms with Crippen molar-refractivity contribution in [3.05, 3.63) is 182 Å². The largest absolute Gasteiger partial charge is 0.114 e. The van der Waals surface area contributed by atoms with Crippen LogP contribution in [0.25, 0.3) is 0 Å². The van der Waals surface area contributed by atoms with Gasteiger partial charge in [0.1, 0.15) is 0 Å². The fourth-order valence-corrected chi connectivity index (χ4v) is 8.97. The molecule has 0 aliphatic rings. The quantitative estimate of drug-likeness (QED) is 0.173. The molecule has 0 aliphatic heterocycles. The van der Waals surface area contributed by atoms with Gasteiger partial charge < -0.3 is 0 Å². The molecule has 0 bridgehead atoms. The van der Waals surface area contributed by atoms with Gasteiger partial charge in [0, 0.05) is 0 Å². The first-order chi connectivity index (χ1) is 18.9. The Morgan fingerprint density at radius 1 is 0.205 bits per heavy atom. The minimum absolute atomic E-state index is 0. The fourth-order valence-electron chi connectivity index (χ4n) is 4.36. The van der Waals surface area contributed by atoms with Gasteiger partial charge in [-0.1, -0.05) is 182 Å². The van der Waals surface area contributed by atoms with E-state index in [0.717, 1.165) is 0 Å². The van der Waals surface area contributed by atoms with E-state index in [1.165, 1.54) is 31.8 Å². The zero-order valence-corrected chi connectivity index (χ0v) is 25.1. The van der Waals surface area contributed by atoms with E-state index >= 15 is 0 Å². The Morgan fingerprint density at radius 2 is 0.333 bits per heavy atom. The molecule has 6 aromatic carbocycles. The summed E-state index contributed by atoms with van der Waals surface area (Å²) in [6, 6.07) is 64.7. The first-order valence-corrected chi connectivity index (χ1v) is 15.5. The lowest BCUT2D eigenvalue weighted by molar-refractivity contribution is 1.74. The third-order valence-electron chi connectivity index (χ3n) is 6.09. The Morgan fingerprint density at radius 3 is 0.462 bits per heavy atom. The maximum absolute atomic E-state index is 2.23. The van der Waals surface area contributed by atoms with E-state index in [9.17, 15) is 0 Å². The van der Waals surface area contributed by atoms with Crippen molar-refractivity contribution in [1.29, 1.82) is 0 Å². The summed E-state index contributed by atoms with van der Waals surface area (Å²) in [6.07, 6.45) is 0. The minimum atomic E-state index is -0.446. The number of hydrogen-bond donors (Lipinski definition) is 0. The summed E-state index contributed by atoms with van der Waals surface area (Å²) >= 11 is 0. The van der Waals surface area contributed by atoms with Crippen LogP contribution < -0.4 is 31.8 Å². The highest BCUT2D eigenvalue weighted by molar-refractivity contribution is 8.93. The van der Waals surface area contributed by atoms with Crippen molar-refractivity contribution in [3.8, 4) is 0 Å². The Kier molecular flexibility index (Phi) is 11.2. The lowest BCUT2D eigenvalue weighted by atomic mass is 10.4. The van der Waals surface area contributed by atoms with Gasteiger partial charge in [0.05, 0.1) is 0 Å². The maximum Gasteiger partial charge on any atom is -0.0134 e. The van der Waals surface area contributed by atoms with Gasteiger partial charge in [0.25, 0.3) is 0 Å². The molecular formula is C36H31BrP2. The van der Waals surface area contributed by atoms with Crippen LogP contribution in [0.4, 0.5) is 0 Å². The molecule has 0 saturated heterocycles. The molecule has 0 atom stereocenters. The SMILES string of the molecule is Br.c1ccc(P(c2ccccc2)c2ccccc2)cc1.c1ccc(P(c2ccccc2)c2ccccc2)cc1. The Hall–Kier alpha value is -3.34. The molecule has 0 N–H and O–H groups in total. The van der Waals surface area contributed by atoms with Crippen LogP contribution in [-0.4, -0.2) is 0 Å². The zero-order chi connectivity index (χ0) is 25.8. The molecule has 0 saturated carbocycles. The van der Waals surface area contributed by atoms with Crippen LogP contribution in [0.3, 0.4) is 0 Å². The molecule has 0 spiro atoms. The predicted molar refractivity (Wildman–Crippen MR) is 181 cm³/mol. The van der Waals surface area contributed by atoms with Gasteiger partial charge in [0.15, 0.2) is 0 Å². The second-order valence-corrected chi connectivity index (χ2v) is 13.1. The van der Waals surface area contributed by atoms with Crippen molar-refractivity contribution in [3.63, 3.8) is 0 Å². The van der Waals surface area contributed by atoms with Crippen molar-refractivity contribution < 1.29 is 0 Å². The van der Waals surface area contributed by atoms with E-state index in [1.54, 1.807) is 0 Å². The summed E-state index contributed by atoms with van der Waals surface area (Å²) in [5, 5.41) is 8.39. The van der Waals surface area contributed by atoms with Crippen LogP contribution in [0, 0.1) is 0 Å². The summed E-state index contributed by atoms with van der Waals surface area (Å²) in [7, 11) is -0.892. The van der Waals surface area contributed by atoms with Crippen molar-refractivity contribution in [1.82, 2.24) is 0 Å².